The van der Waals surface area contributed by atoms with E-state index in [4.69, 9.17) is 0 Å². The predicted octanol–water partition coefficient (Wildman–Crippen LogP) is 4.16. The molecule has 136 valence electrons. The van der Waals surface area contributed by atoms with Gasteiger partial charge in [0, 0.05) is 34.4 Å². The Labute approximate surface area is 160 Å². The summed E-state index contributed by atoms with van der Waals surface area (Å²) in [5, 5.41) is 8.62. The van der Waals surface area contributed by atoms with Gasteiger partial charge in [-0.3, -0.25) is 14.7 Å². The summed E-state index contributed by atoms with van der Waals surface area (Å²) in [6, 6.07) is 13.6. The highest BCUT2D eigenvalue weighted by molar-refractivity contribution is 7.10. The van der Waals surface area contributed by atoms with Crippen LogP contribution in [0.25, 0.3) is 5.69 Å². The molecule has 5 nitrogen and oxygen atoms in total. The molecule has 0 bridgehead atoms. The Morgan fingerprint density at radius 3 is 2.63 bits per heavy atom. The van der Waals surface area contributed by atoms with Crippen LogP contribution in [0.3, 0.4) is 0 Å². The maximum atomic E-state index is 13.0. The molecule has 6 heteroatoms. The predicted molar refractivity (Wildman–Crippen MR) is 107 cm³/mol. The number of anilines is 1. The lowest BCUT2D eigenvalue weighted by Gasteiger charge is -2.32. The largest absolute Gasteiger partial charge is 0.343 e. The summed E-state index contributed by atoms with van der Waals surface area (Å²) in [5.74, 6) is 0.851. The number of aromatic nitrogens is 2. The van der Waals surface area contributed by atoms with E-state index < -0.39 is 0 Å². The van der Waals surface area contributed by atoms with Gasteiger partial charge < -0.3 is 5.32 Å². The molecule has 0 fully saturated rings. The topological polar surface area (TPSA) is 66.9 Å². The Morgan fingerprint density at radius 2 is 1.89 bits per heavy atom. The number of nitrogens with zero attached hydrogens (tertiary/aromatic N) is 1. The average Bonchev–Trinajstić information content (AvgIpc) is 3.30. The maximum Gasteiger partial charge on any atom is 0.277 e. The lowest BCUT2D eigenvalue weighted by Crippen LogP contribution is -2.30. The summed E-state index contributed by atoms with van der Waals surface area (Å²) in [6.07, 6.45) is 1.31. The highest BCUT2D eigenvalue weighted by Crippen LogP contribution is 2.44. The number of benzene rings is 1. The molecule has 27 heavy (non-hydrogen) atoms. The van der Waals surface area contributed by atoms with Gasteiger partial charge in [0.05, 0.1) is 11.3 Å². The van der Waals surface area contributed by atoms with Gasteiger partial charge in [0.25, 0.3) is 5.56 Å². The lowest BCUT2D eigenvalue weighted by atomic mass is 9.77. The first-order valence-electron chi connectivity index (χ1n) is 9.10. The fourth-order valence-corrected chi connectivity index (χ4v) is 5.11. The minimum Gasteiger partial charge on any atom is -0.343 e. The van der Waals surface area contributed by atoms with Gasteiger partial charge in [-0.15, -0.1) is 11.3 Å². The minimum absolute atomic E-state index is 0.101. The summed E-state index contributed by atoms with van der Waals surface area (Å²) in [5.41, 5.74) is 3.04. The molecule has 2 unspecified atom stereocenters. The van der Waals surface area contributed by atoms with Gasteiger partial charge in [-0.25, -0.2) is 4.68 Å². The molecular weight excluding hydrogens is 358 g/mol. The molecule has 2 N–H and O–H groups in total. The van der Waals surface area contributed by atoms with Crippen molar-refractivity contribution in [2.45, 2.75) is 31.6 Å². The first kappa shape index (κ1) is 16.3. The molecule has 1 aliphatic carbocycles. The Hall–Kier alpha value is -2.86. The van der Waals surface area contributed by atoms with Crippen LogP contribution < -0.4 is 10.9 Å². The van der Waals surface area contributed by atoms with Crippen LogP contribution in [-0.2, 0) is 4.79 Å². The van der Waals surface area contributed by atoms with Crippen LogP contribution in [0.1, 0.15) is 42.0 Å². The number of H-pyrrole nitrogens is 1. The van der Waals surface area contributed by atoms with E-state index in [-0.39, 0.29) is 23.2 Å². The monoisotopic (exact) mass is 377 g/mol. The minimum atomic E-state index is -0.207. The van der Waals surface area contributed by atoms with E-state index in [0.717, 1.165) is 23.4 Å². The van der Waals surface area contributed by atoms with Crippen molar-refractivity contribution in [1.29, 1.82) is 0 Å². The summed E-state index contributed by atoms with van der Waals surface area (Å²) < 4.78 is 1.55. The van der Waals surface area contributed by atoms with E-state index in [1.807, 2.05) is 43.3 Å². The third kappa shape index (κ3) is 2.51. The van der Waals surface area contributed by atoms with E-state index >= 15 is 0 Å². The number of aromatic amines is 1. The van der Waals surface area contributed by atoms with Crippen molar-refractivity contribution < 1.29 is 4.79 Å². The third-order valence-electron chi connectivity index (χ3n) is 5.54. The van der Waals surface area contributed by atoms with Crippen LogP contribution in [-0.4, -0.2) is 15.6 Å². The summed E-state index contributed by atoms with van der Waals surface area (Å²) in [6.45, 7) is 1.96. The van der Waals surface area contributed by atoms with Gasteiger partial charge in [0.2, 0.25) is 0 Å². The lowest BCUT2D eigenvalue weighted by molar-refractivity contribution is -0.116. The molecule has 0 amide bonds. The van der Waals surface area contributed by atoms with Crippen molar-refractivity contribution in [2.24, 2.45) is 0 Å². The number of rotatable bonds is 2. The van der Waals surface area contributed by atoms with Crippen molar-refractivity contribution >= 4 is 22.9 Å². The molecule has 2 atom stereocenters. The molecule has 0 saturated heterocycles. The fourth-order valence-electron chi connectivity index (χ4n) is 4.28. The van der Waals surface area contributed by atoms with Gasteiger partial charge in [-0.1, -0.05) is 31.2 Å². The number of hydrogen-bond acceptors (Lipinski definition) is 4. The number of ketones is 1. The van der Waals surface area contributed by atoms with E-state index in [0.29, 0.717) is 17.8 Å². The number of fused-ring (bicyclic) bond motifs is 1. The zero-order valence-corrected chi connectivity index (χ0v) is 15.7. The molecule has 0 saturated carbocycles. The first-order chi connectivity index (χ1) is 13.1. The van der Waals surface area contributed by atoms with Crippen molar-refractivity contribution in [3.63, 3.8) is 0 Å². The quantitative estimate of drug-likeness (QED) is 0.705. The molecule has 2 aromatic heterocycles. The normalized spacial score (nSPS) is 21.6. The van der Waals surface area contributed by atoms with Gasteiger partial charge >= 0.3 is 0 Å². The molecule has 1 aliphatic heterocycles. The van der Waals surface area contributed by atoms with Crippen molar-refractivity contribution in [3.05, 3.63) is 79.9 Å². The highest BCUT2D eigenvalue weighted by atomic mass is 32.1. The van der Waals surface area contributed by atoms with Gasteiger partial charge in [-0.2, -0.15) is 0 Å². The zero-order valence-electron chi connectivity index (χ0n) is 14.9. The fraction of sp³-hybridized carbons (Fsp3) is 0.238. The van der Waals surface area contributed by atoms with Crippen molar-refractivity contribution in [1.82, 2.24) is 9.78 Å². The maximum absolute atomic E-state index is 13.0. The van der Waals surface area contributed by atoms with Gasteiger partial charge in [-0.05, 0) is 30.0 Å². The number of thiophene rings is 1. The van der Waals surface area contributed by atoms with E-state index in [9.17, 15) is 9.59 Å². The van der Waals surface area contributed by atoms with Crippen LogP contribution in [0.15, 0.2) is 63.9 Å². The zero-order chi connectivity index (χ0) is 18.5. The molecular formula is C21H19N3O2S. The van der Waals surface area contributed by atoms with Crippen LogP contribution in [0.4, 0.5) is 5.82 Å². The molecule has 0 radical (unpaired) electrons. The molecule has 3 heterocycles. The van der Waals surface area contributed by atoms with Crippen LogP contribution in [0.5, 0.6) is 0 Å². The number of hydrogen-bond donors (Lipinski definition) is 2. The smallest absolute Gasteiger partial charge is 0.277 e. The number of para-hydroxylation sites is 1. The van der Waals surface area contributed by atoms with Crippen LogP contribution in [0, 0.1) is 0 Å². The Balaban J connectivity index is 1.56. The Morgan fingerprint density at radius 1 is 1.07 bits per heavy atom. The molecule has 5 rings (SSSR count). The molecule has 0 spiro atoms. The van der Waals surface area contributed by atoms with Gasteiger partial charge in [0.15, 0.2) is 5.78 Å². The standard InChI is InChI=1S/C21H19N3O2S/c1-12-18-15(10-13(11-16(18)25)17-8-5-9-27-17)22-20-19(12)21(26)24(23-20)14-6-3-2-4-7-14/h2-9,12-13,22-23H,10-11H2,1H3. The molecule has 3 aromatic rings. The number of nitrogens with one attached hydrogen (secondary N) is 2. The van der Waals surface area contributed by atoms with Gasteiger partial charge in [0.1, 0.15) is 5.82 Å². The van der Waals surface area contributed by atoms with E-state index in [1.165, 1.54) is 4.88 Å². The second kappa shape index (κ2) is 6.09. The number of carbonyl (C=O) groups excluding carboxylic acids is 1. The van der Waals surface area contributed by atoms with Crippen molar-refractivity contribution in [2.75, 3.05) is 5.32 Å². The summed E-state index contributed by atoms with van der Waals surface area (Å²) >= 11 is 1.70. The summed E-state index contributed by atoms with van der Waals surface area (Å²) in [7, 11) is 0. The van der Waals surface area contributed by atoms with Crippen LogP contribution in [0.2, 0.25) is 0 Å². The Bertz CT molecular complexity index is 1110. The number of allylic oxidation sites excluding steroid dienone is 2. The highest BCUT2D eigenvalue weighted by Gasteiger charge is 2.38. The third-order valence-corrected chi connectivity index (χ3v) is 6.57. The second-order valence-electron chi connectivity index (χ2n) is 7.16. The second-order valence-corrected chi connectivity index (χ2v) is 8.14. The number of Topliss-reactive ketones (excluding diaryl/α,β-unsaturated/α-hetero) is 1. The molecule has 1 aromatic carbocycles. The van der Waals surface area contributed by atoms with E-state index in [2.05, 4.69) is 21.9 Å². The Kier molecular flexibility index (Phi) is 3.68. The molecule has 2 aliphatic rings. The number of carbonyl (C=O) groups is 1. The van der Waals surface area contributed by atoms with Crippen LogP contribution >= 0.6 is 11.3 Å². The average molecular weight is 377 g/mol. The van der Waals surface area contributed by atoms with E-state index in [1.54, 1.807) is 16.0 Å². The summed E-state index contributed by atoms with van der Waals surface area (Å²) in [4.78, 5) is 27.2. The SMILES string of the molecule is CC1C2=C(CC(c3cccs3)CC2=O)Nc2[nH]n(-c3ccccc3)c(=O)c21. The van der Waals surface area contributed by atoms with Crippen molar-refractivity contribution in [3.8, 4) is 5.69 Å². The first-order valence-corrected chi connectivity index (χ1v) is 9.98.